The van der Waals surface area contributed by atoms with E-state index in [0.717, 1.165) is 5.56 Å². The fourth-order valence-electron chi connectivity index (χ4n) is 1.85. The maximum absolute atomic E-state index is 12.1. The second kappa shape index (κ2) is 6.11. The molecule has 0 aliphatic rings. The molecule has 0 aliphatic carbocycles. The molecule has 1 aromatic carbocycles. The van der Waals surface area contributed by atoms with Crippen molar-refractivity contribution in [1.29, 1.82) is 0 Å². The summed E-state index contributed by atoms with van der Waals surface area (Å²) in [6, 6.07) is 7.87. The lowest BCUT2D eigenvalue weighted by Crippen LogP contribution is -2.23. The molecule has 0 radical (unpaired) electrons. The van der Waals surface area contributed by atoms with Gasteiger partial charge in [-0.1, -0.05) is 0 Å². The number of carbonyl (C=O) groups is 1. The van der Waals surface area contributed by atoms with Crippen LogP contribution in [0.2, 0.25) is 0 Å². The highest BCUT2D eigenvalue weighted by molar-refractivity contribution is 7.89. The van der Waals surface area contributed by atoms with Crippen molar-refractivity contribution in [2.75, 3.05) is 5.32 Å². The van der Waals surface area contributed by atoms with Crippen LogP contribution < -0.4 is 10.0 Å². The summed E-state index contributed by atoms with van der Waals surface area (Å²) in [4.78, 5) is 11.1. The van der Waals surface area contributed by atoms with E-state index in [0.29, 0.717) is 5.69 Å². The largest absolute Gasteiger partial charge is 0.357 e. The Labute approximate surface area is 123 Å². The molecule has 0 saturated heterocycles. The van der Waals surface area contributed by atoms with Gasteiger partial charge in [0, 0.05) is 38.6 Å². The van der Waals surface area contributed by atoms with Gasteiger partial charge in [0.25, 0.3) is 0 Å². The third-order valence-corrected chi connectivity index (χ3v) is 4.26. The molecule has 0 bridgehead atoms. The van der Waals surface area contributed by atoms with Crippen molar-refractivity contribution in [1.82, 2.24) is 9.29 Å². The fraction of sp³-hybridized carbons (Fsp3) is 0.214. The summed E-state index contributed by atoms with van der Waals surface area (Å²) in [6.07, 6.45) is 3.70. The summed E-state index contributed by atoms with van der Waals surface area (Å²) in [5.74, 6) is -0.201. The number of sulfonamides is 1. The molecule has 1 aromatic heterocycles. The minimum Gasteiger partial charge on any atom is -0.357 e. The van der Waals surface area contributed by atoms with Crippen molar-refractivity contribution < 1.29 is 13.2 Å². The van der Waals surface area contributed by atoms with Gasteiger partial charge >= 0.3 is 0 Å². The molecule has 2 aromatic rings. The molecular formula is C14H17N3O3S. The molecule has 7 heteroatoms. The zero-order chi connectivity index (χ0) is 15.5. The van der Waals surface area contributed by atoms with E-state index >= 15 is 0 Å². The first-order valence-corrected chi connectivity index (χ1v) is 7.83. The fourth-order valence-corrected chi connectivity index (χ4v) is 2.87. The van der Waals surface area contributed by atoms with Gasteiger partial charge in [0.05, 0.1) is 4.90 Å². The number of nitrogens with zero attached hydrogens (tertiary/aromatic N) is 1. The van der Waals surface area contributed by atoms with Gasteiger partial charge in [-0.15, -0.1) is 0 Å². The molecule has 1 heterocycles. The SMILES string of the molecule is CC(=O)Nc1ccc(S(=O)(=O)NCc2ccn(C)c2)cc1. The van der Waals surface area contributed by atoms with Crippen molar-refractivity contribution >= 4 is 21.6 Å². The monoisotopic (exact) mass is 307 g/mol. The van der Waals surface area contributed by atoms with Crippen molar-refractivity contribution in [3.05, 3.63) is 48.3 Å². The Balaban J connectivity index is 2.06. The molecule has 0 spiro atoms. The number of rotatable bonds is 5. The van der Waals surface area contributed by atoms with Gasteiger partial charge in [-0.05, 0) is 35.9 Å². The van der Waals surface area contributed by atoms with Crippen LogP contribution >= 0.6 is 0 Å². The Morgan fingerprint density at radius 2 is 1.86 bits per heavy atom. The van der Waals surface area contributed by atoms with Crippen LogP contribution in [0.1, 0.15) is 12.5 Å². The number of amides is 1. The van der Waals surface area contributed by atoms with Crippen LogP contribution in [0.5, 0.6) is 0 Å². The maximum Gasteiger partial charge on any atom is 0.240 e. The van der Waals surface area contributed by atoms with Gasteiger partial charge in [-0.3, -0.25) is 4.79 Å². The second-order valence-electron chi connectivity index (χ2n) is 4.72. The highest BCUT2D eigenvalue weighted by atomic mass is 32.2. The van der Waals surface area contributed by atoms with Crippen molar-refractivity contribution in [2.24, 2.45) is 7.05 Å². The molecule has 2 rings (SSSR count). The first-order valence-electron chi connectivity index (χ1n) is 6.35. The lowest BCUT2D eigenvalue weighted by molar-refractivity contribution is -0.114. The summed E-state index contributed by atoms with van der Waals surface area (Å²) in [6.45, 7) is 1.63. The number of anilines is 1. The number of benzene rings is 1. The molecular weight excluding hydrogens is 290 g/mol. The molecule has 112 valence electrons. The molecule has 0 aliphatic heterocycles. The number of aryl methyl sites for hydroxylation is 1. The lowest BCUT2D eigenvalue weighted by atomic mass is 10.3. The van der Waals surface area contributed by atoms with E-state index in [1.165, 1.54) is 19.1 Å². The van der Waals surface area contributed by atoms with Crippen LogP contribution in [0, 0.1) is 0 Å². The number of hydrogen-bond donors (Lipinski definition) is 2. The second-order valence-corrected chi connectivity index (χ2v) is 6.48. The summed E-state index contributed by atoms with van der Waals surface area (Å²) < 4.78 is 28.7. The Morgan fingerprint density at radius 1 is 1.19 bits per heavy atom. The number of hydrogen-bond acceptors (Lipinski definition) is 3. The van der Waals surface area contributed by atoms with E-state index in [1.807, 2.05) is 30.1 Å². The summed E-state index contributed by atoms with van der Waals surface area (Å²) >= 11 is 0. The molecule has 21 heavy (non-hydrogen) atoms. The summed E-state index contributed by atoms with van der Waals surface area (Å²) in [7, 11) is -1.69. The zero-order valence-electron chi connectivity index (χ0n) is 11.8. The van der Waals surface area contributed by atoms with E-state index in [9.17, 15) is 13.2 Å². The highest BCUT2D eigenvalue weighted by Gasteiger charge is 2.13. The normalized spacial score (nSPS) is 11.3. The molecule has 0 atom stereocenters. The third-order valence-electron chi connectivity index (χ3n) is 2.84. The lowest BCUT2D eigenvalue weighted by Gasteiger charge is -2.07. The van der Waals surface area contributed by atoms with Crippen LogP contribution in [0.25, 0.3) is 0 Å². The molecule has 1 amide bonds. The summed E-state index contributed by atoms with van der Waals surface area (Å²) in [5, 5.41) is 2.59. The van der Waals surface area contributed by atoms with Crippen molar-refractivity contribution in [3.63, 3.8) is 0 Å². The first kappa shape index (κ1) is 15.3. The van der Waals surface area contributed by atoms with E-state index in [-0.39, 0.29) is 17.3 Å². The Morgan fingerprint density at radius 3 is 2.38 bits per heavy atom. The van der Waals surface area contributed by atoms with Gasteiger partial charge in [-0.2, -0.15) is 0 Å². The standard InChI is InChI=1S/C14H17N3O3S/c1-11(18)16-13-3-5-14(6-4-13)21(19,20)15-9-12-7-8-17(2)10-12/h3-8,10,15H,9H2,1-2H3,(H,16,18). The topological polar surface area (TPSA) is 80.2 Å². The van der Waals surface area contributed by atoms with E-state index in [2.05, 4.69) is 10.0 Å². The van der Waals surface area contributed by atoms with Crippen molar-refractivity contribution in [3.8, 4) is 0 Å². The molecule has 6 nitrogen and oxygen atoms in total. The number of nitrogens with one attached hydrogen (secondary N) is 2. The first-order chi connectivity index (χ1) is 9.87. The van der Waals surface area contributed by atoms with E-state index < -0.39 is 10.0 Å². The van der Waals surface area contributed by atoms with Gasteiger partial charge in [0.15, 0.2) is 0 Å². The van der Waals surface area contributed by atoms with Gasteiger partial charge in [-0.25, -0.2) is 13.1 Å². The quantitative estimate of drug-likeness (QED) is 0.877. The third kappa shape index (κ3) is 4.17. The molecule has 0 fully saturated rings. The minimum absolute atomic E-state index is 0.160. The Kier molecular flexibility index (Phi) is 4.44. The minimum atomic E-state index is -3.57. The summed E-state index contributed by atoms with van der Waals surface area (Å²) in [5.41, 5.74) is 1.44. The highest BCUT2D eigenvalue weighted by Crippen LogP contribution is 2.14. The number of aromatic nitrogens is 1. The van der Waals surface area contributed by atoms with Gasteiger partial charge in [0.1, 0.15) is 0 Å². The number of carbonyl (C=O) groups excluding carboxylic acids is 1. The Hall–Kier alpha value is -2.12. The van der Waals surface area contributed by atoms with Crippen LogP contribution in [-0.4, -0.2) is 18.9 Å². The Bertz CT molecular complexity index is 733. The average molecular weight is 307 g/mol. The predicted molar refractivity (Wildman–Crippen MR) is 80.2 cm³/mol. The van der Waals surface area contributed by atoms with Gasteiger partial charge in [0.2, 0.25) is 15.9 Å². The molecule has 0 unspecified atom stereocenters. The molecule has 2 N–H and O–H groups in total. The predicted octanol–water partition coefficient (Wildman–Crippen LogP) is 1.46. The average Bonchev–Trinajstić information content (AvgIpc) is 2.82. The van der Waals surface area contributed by atoms with Crippen LogP contribution in [0.4, 0.5) is 5.69 Å². The van der Waals surface area contributed by atoms with Crippen molar-refractivity contribution in [2.45, 2.75) is 18.4 Å². The molecule has 0 saturated carbocycles. The maximum atomic E-state index is 12.1. The zero-order valence-corrected chi connectivity index (χ0v) is 12.6. The van der Waals surface area contributed by atoms with Crippen LogP contribution in [0.15, 0.2) is 47.6 Å². The van der Waals surface area contributed by atoms with E-state index in [4.69, 9.17) is 0 Å². The van der Waals surface area contributed by atoms with E-state index in [1.54, 1.807) is 12.1 Å². The van der Waals surface area contributed by atoms with Gasteiger partial charge < -0.3 is 9.88 Å². The van der Waals surface area contributed by atoms with Crippen LogP contribution in [-0.2, 0) is 28.4 Å². The smallest absolute Gasteiger partial charge is 0.240 e. The van der Waals surface area contributed by atoms with Crippen LogP contribution in [0.3, 0.4) is 0 Å².